The highest BCUT2D eigenvalue weighted by Crippen LogP contribution is 2.28. The maximum atomic E-state index is 13.7. The second-order valence-electron chi connectivity index (χ2n) is 9.22. The van der Waals surface area contributed by atoms with Crippen LogP contribution in [0.4, 0.5) is 5.69 Å². The molecule has 0 fully saturated rings. The average Bonchev–Trinajstić information content (AvgIpc) is 2.93. The van der Waals surface area contributed by atoms with Gasteiger partial charge in [-0.2, -0.15) is 5.10 Å². The van der Waals surface area contributed by atoms with Crippen molar-refractivity contribution >= 4 is 27.8 Å². The van der Waals surface area contributed by atoms with Crippen molar-refractivity contribution in [2.24, 2.45) is 5.10 Å². The Kier molecular flexibility index (Phi) is 8.78. The largest absolute Gasteiger partial charge is 0.488 e. The molecule has 4 aromatic rings. The molecule has 0 radical (unpaired) electrons. The number of para-hydroxylation sites is 1. The van der Waals surface area contributed by atoms with Crippen molar-refractivity contribution in [2.75, 3.05) is 10.8 Å². The minimum atomic E-state index is -4.02. The number of rotatable bonds is 10. The topological polar surface area (TPSA) is 88.1 Å². The van der Waals surface area contributed by atoms with Crippen molar-refractivity contribution in [2.45, 2.75) is 32.3 Å². The summed E-state index contributed by atoms with van der Waals surface area (Å²) in [6.07, 6.45) is 1.48. The molecule has 0 aliphatic heterocycles. The van der Waals surface area contributed by atoms with E-state index in [9.17, 15) is 13.2 Å². The normalized spacial score (nSPS) is 11.4. The number of benzene rings is 4. The third kappa shape index (κ3) is 7.12. The summed E-state index contributed by atoms with van der Waals surface area (Å²) in [5.41, 5.74) is 7.16. The van der Waals surface area contributed by atoms with Crippen LogP contribution in [-0.2, 0) is 21.4 Å². The molecule has 0 saturated heterocycles. The number of nitrogens with one attached hydrogen (secondary N) is 1. The van der Waals surface area contributed by atoms with Gasteiger partial charge in [0, 0.05) is 5.56 Å². The predicted octanol–water partition coefficient (Wildman–Crippen LogP) is 5.54. The third-order valence-electron chi connectivity index (χ3n) is 6.08. The summed E-state index contributed by atoms with van der Waals surface area (Å²) >= 11 is 0. The summed E-state index contributed by atoms with van der Waals surface area (Å²) in [4.78, 5) is 13.1. The Labute approximate surface area is 229 Å². The van der Waals surface area contributed by atoms with Crippen LogP contribution < -0.4 is 14.5 Å². The molecular formula is C31H31N3O4S. The van der Waals surface area contributed by atoms with E-state index in [0.717, 1.165) is 26.6 Å². The van der Waals surface area contributed by atoms with Gasteiger partial charge >= 0.3 is 0 Å². The van der Waals surface area contributed by atoms with E-state index in [1.54, 1.807) is 30.3 Å². The Bertz CT molecular complexity index is 1570. The van der Waals surface area contributed by atoms with Crippen molar-refractivity contribution in [3.8, 4) is 5.75 Å². The number of aryl methyl sites for hydroxylation is 3. The lowest BCUT2D eigenvalue weighted by molar-refractivity contribution is -0.119. The van der Waals surface area contributed by atoms with E-state index in [2.05, 4.69) is 10.5 Å². The van der Waals surface area contributed by atoms with Crippen LogP contribution in [0.2, 0.25) is 0 Å². The molecule has 4 rings (SSSR count). The van der Waals surface area contributed by atoms with E-state index in [4.69, 9.17) is 4.74 Å². The number of amides is 1. The number of hydrogen-bond donors (Lipinski definition) is 1. The van der Waals surface area contributed by atoms with Gasteiger partial charge in [0.1, 0.15) is 18.9 Å². The van der Waals surface area contributed by atoms with Gasteiger partial charge in [0.2, 0.25) is 0 Å². The van der Waals surface area contributed by atoms with Crippen LogP contribution in [0.3, 0.4) is 0 Å². The van der Waals surface area contributed by atoms with Crippen LogP contribution in [0.1, 0.15) is 27.8 Å². The number of anilines is 1. The predicted molar refractivity (Wildman–Crippen MR) is 155 cm³/mol. The highest BCUT2D eigenvalue weighted by atomic mass is 32.2. The van der Waals surface area contributed by atoms with E-state index in [0.29, 0.717) is 23.6 Å². The Hall–Kier alpha value is -4.43. The second kappa shape index (κ2) is 12.4. The number of hydrogen-bond acceptors (Lipinski definition) is 5. The Balaban J connectivity index is 1.52. The van der Waals surface area contributed by atoms with E-state index < -0.39 is 22.5 Å². The summed E-state index contributed by atoms with van der Waals surface area (Å²) in [7, 11) is -4.02. The lowest BCUT2D eigenvalue weighted by Gasteiger charge is -2.25. The molecule has 8 heteroatoms. The van der Waals surface area contributed by atoms with Crippen LogP contribution in [0.5, 0.6) is 5.75 Å². The van der Waals surface area contributed by atoms with Gasteiger partial charge < -0.3 is 4.74 Å². The maximum Gasteiger partial charge on any atom is 0.264 e. The standard InChI is InChI=1S/C31H31N3O4S/c1-23-14-17-28(18-15-23)39(36,37)34(29-19-24(2)13-16-25(29)3)21-31(35)33-32-20-27-11-7-8-12-30(27)38-22-26-9-5-4-6-10-26/h4-20H,21-22H2,1-3H3,(H,33,35)/b32-20-. The highest BCUT2D eigenvalue weighted by Gasteiger charge is 2.28. The molecule has 39 heavy (non-hydrogen) atoms. The zero-order valence-electron chi connectivity index (χ0n) is 22.2. The smallest absolute Gasteiger partial charge is 0.264 e. The fourth-order valence-corrected chi connectivity index (χ4v) is 5.40. The molecule has 7 nitrogen and oxygen atoms in total. The summed E-state index contributed by atoms with van der Waals surface area (Å²) < 4.78 is 34.4. The third-order valence-corrected chi connectivity index (χ3v) is 7.85. The summed E-state index contributed by atoms with van der Waals surface area (Å²) in [6.45, 7) is 5.52. The molecule has 0 atom stereocenters. The molecule has 0 aromatic heterocycles. The first-order valence-corrected chi connectivity index (χ1v) is 13.9. The molecule has 0 aliphatic carbocycles. The van der Waals surface area contributed by atoms with E-state index in [1.165, 1.54) is 6.21 Å². The van der Waals surface area contributed by atoms with Crippen LogP contribution >= 0.6 is 0 Å². The average molecular weight is 542 g/mol. The molecule has 0 heterocycles. The molecule has 0 bridgehead atoms. The van der Waals surface area contributed by atoms with E-state index in [-0.39, 0.29) is 4.90 Å². The quantitative estimate of drug-likeness (QED) is 0.211. The van der Waals surface area contributed by atoms with Crippen LogP contribution in [0, 0.1) is 20.8 Å². The summed E-state index contributed by atoms with van der Waals surface area (Å²) in [6, 6.07) is 29.2. The molecule has 0 aliphatic rings. The van der Waals surface area contributed by atoms with Crippen molar-refractivity contribution in [3.05, 3.63) is 125 Å². The molecule has 4 aromatic carbocycles. The first kappa shape index (κ1) is 27.6. The van der Waals surface area contributed by atoms with Gasteiger partial charge in [0.05, 0.1) is 16.8 Å². The molecule has 200 valence electrons. The minimum absolute atomic E-state index is 0.106. The first-order chi connectivity index (χ1) is 18.7. The van der Waals surface area contributed by atoms with E-state index >= 15 is 0 Å². The second-order valence-corrected chi connectivity index (χ2v) is 11.1. The van der Waals surface area contributed by atoms with Gasteiger partial charge in [-0.25, -0.2) is 13.8 Å². The Morgan fingerprint density at radius 3 is 2.28 bits per heavy atom. The van der Waals surface area contributed by atoms with Gasteiger partial charge in [0.15, 0.2) is 0 Å². The van der Waals surface area contributed by atoms with Gasteiger partial charge in [-0.1, -0.05) is 72.3 Å². The van der Waals surface area contributed by atoms with Gasteiger partial charge in [-0.15, -0.1) is 0 Å². The monoisotopic (exact) mass is 541 g/mol. The van der Waals surface area contributed by atoms with Gasteiger partial charge in [-0.05, 0) is 67.8 Å². The van der Waals surface area contributed by atoms with Crippen molar-refractivity contribution in [3.63, 3.8) is 0 Å². The fourth-order valence-electron chi connectivity index (χ4n) is 3.92. The van der Waals surface area contributed by atoms with Gasteiger partial charge in [0.25, 0.3) is 15.9 Å². The zero-order valence-corrected chi connectivity index (χ0v) is 23.0. The summed E-state index contributed by atoms with van der Waals surface area (Å²) in [5, 5.41) is 4.08. The van der Waals surface area contributed by atoms with E-state index in [1.807, 2.05) is 87.5 Å². The SMILES string of the molecule is Cc1ccc(S(=O)(=O)N(CC(=O)N/N=C\c2ccccc2OCc2ccccc2)c2cc(C)ccc2C)cc1. The number of carbonyl (C=O) groups excluding carboxylic acids is 1. The molecule has 0 unspecified atom stereocenters. The lowest BCUT2D eigenvalue weighted by Crippen LogP contribution is -2.40. The Morgan fingerprint density at radius 2 is 1.54 bits per heavy atom. The van der Waals surface area contributed by atoms with Crippen molar-refractivity contribution in [1.82, 2.24) is 5.43 Å². The minimum Gasteiger partial charge on any atom is -0.488 e. The molecular weight excluding hydrogens is 510 g/mol. The number of hydrazone groups is 1. The molecule has 0 saturated carbocycles. The zero-order chi connectivity index (χ0) is 27.8. The van der Waals surface area contributed by atoms with Crippen LogP contribution in [-0.4, -0.2) is 27.1 Å². The Morgan fingerprint density at radius 1 is 0.872 bits per heavy atom. The molecule has 1 N–H and O–H groups in total. The van der Waals surface area contributed by atoms with Crippen molar-refractivity contribution < 1.29 is 17.9 Å². The number of ether oxygens (including phenoxy) is 1. The van der Waals surface area contributed by atoms with Crippen LogP contribution in [0.15, 0.2) is 107 Å². The summed E-state index contributed by atoms with van der Waals surface area (Å²) in [5.74, 6) is 0.0313. The van der Waals surface area contributed by atoms with Crippen LogP contribution in [0.25, 0.3) is 0 Å². The maximum absolute atomic E-state index is 13.7. The molecule has 1 amide bonds. The molecule has 0 spiro atoms. The number of nitrogens with zero attached hydrogens (tertiary/aromatic N) is 2. The first-order valence-electron chi connectivity index (χ1n) is 12.5. The van der Waals surface area contributed by atoms with Crippen molar-refractivity contribution in [1.29, 1.82) is 0 Å². The fraction of sp³-hybridized carbons (Fsp3) is 0.161. The van der Waals surface area contributed by atoms with Gasteiger partial charge in [-0.3, -0.25) is 9.10 Å². The lowest BCUT2D eigenvalue weighted by atomic mass is 10.1. The number of sulfonamides is 1. The number of carbonyl (C=O) groups is 1. The highest BCUT2D eigenvalue weighted by molar-refractivity contribution is 7.92.